The summed E-state index contributed by atoms with van der Waals surface area (Å²) >= 11 is 0. The third-order valence-corrected chi connectivity index (χ3v) is 5.10. The van der Waals surface area contributed by atoms with Crippen molar-refractivity contribution in [2.45, 2.75) is 33.3 Å². The molecule has 0 spiro atoms. The average Bonchev–Trinajstić information content (AvgIpc) is 3.26. The van der Waals surface area contributed by atoms with Gasteiger partial charge >= 0.3 is 0 Å². The standard InChI is InChI=1S/C20H22N4O2/c1-12-4-5-17(23-13(12)2)16-8-19(18-6-7-22-24(18)11-16)26-14(3)15-9-20(25)21-10-15/h4-8,11,14-15H,9-10H2,1-3H3,(H,21,25)/t14-,15?/m1/s1. The lowest BCUT2D eigenvalue weighted by Gasteiger charge is -2.20. The van der Waals surface area contributed by atoms with E-state index in [1.165, 1.54) is 0 Å². The minimum Gasteiger partial charge on any atom is -0.488 e. The highest BCUT2D eigenvalue weighted by atomic mass is 16.5. The average molecular weight is 350 g/mol. The fourth-order valence-electron chi connectivity index (χ4n) is 3.28. The van der Waals surface area contributed by atoms with Crippen LogP contribution in [0.1, 0.15) is 24.6 Å². The van der Waals surface area contributed by atoms with Crippen LogP contribution in [0.25, 0.3) is 16.8 Å². The Labute approximate surface area is 152 Å². The van der Waals surface area contributed by atoms with E-state index >= 15 is 0 Å². The Morgan fingerprint density at radius 2 is 2.15 bits per heavy atom. The number of carbonyl (C=O) groups excluding carboxylic acids is 1. The zero-order valence-electron chi connectivity index (χ0n) is 15.2. The van der Waals surface area contributed by atoms with Gasteiger partial charge in [0.25, 0.3) is 0 Å². The van der Waals surface area contributed by atoms with Gasteiger partial charge in [-0.3, -0.25) is 9.78 Å². The molecule has 0 aliphatic carbocycles. The van der Waals surface area contributed by atoms with E-state index in [0.717, 1.165) is 33.8 Å². The minimum absolute atomic E-state index is 0.0735. The number of ether oxygens (including phenoxy) is 1. The van der Waals surface area contributed by atoms with E-state index in [1.807, 2.05) is 42.8 Å². The molecule has 0 saturated carbocycles. The third-order valence-electron chi connectivity index (χ3n) is 5.10. The van der Waals surface area contributed by atoms with Gasteiger partial charge in [0.05, 0.1) is 11.9 Å². The largest absolute Gasteiger partial charge is 0.488 e. The van der Waals surface area contributed by atoms with Crippen LogP contribution in [0.3, 0.4) is 0 Å². The quantitative estimate of drug-likeness (QED) is 0.785. The second-order valence-corrected chi connectivity index (χ2v) is 6.94. The number of hydrogen-bond donors (Lipinski definition) is 1. The number of aromatic nitrogens is 3. The molecule has 1 aliphatic heterocycles. The van der Waals surface area contributed by atoms with Crippen LogP contribution in [0.5, 0.6) is 5.75 Å². The van der Waals surface area contributed by atoms with Crippen LogP contribution in [0.4, 0.5) is 0 Å². The second kappa shape index (κ2) is 6.44. The molecule has 4 heterocycles. The maximum Gasteiger partial charge on any atom is 0.220 e. The van der Waals surface area contributed by atoms with Crippen molar-refractivity contribution in [3.63, 3.8) is 0 Å². The molecule has 1 fully saturated rings. The highest BCUT2D eigenvalue weighted by molar-refractivity contribution is 5.78. The van der Waals surface area contributed by atoms with Crippen molar-refractivity contribution in [3.8, 4) is 17.0 Å². The zero-order valence-corrected chi connectivity index (χ0v) is 15.2. The molecule has 26 heavy (non-hydrogen) atoms. The Kier molecular flexibility index (Phi) is 4.11. The number of nitrogens with zero attached hydrogens (tertiary/aromatic N) is 3. The molecule has 4 rings (SSSR count). The van der Waals surface area contributed by atoms with E-state index in [4.69, 9.17) is 9.72 Å². The van der Waals surface area contributed by atoms with Gasteiger partial charge in [-0.15, -0.1) is 0 Å². The van der Waals surface area contributed by atoms with Gasteiger partial charge in [-0.2, -0.15) is 5.10 Å². The number of rotatable bonds is 4. The first-order chi connectivity index (χ1) is 12.5. The van der Waals surface area contributed by atoms with Crippen molar-refractivity contribution in [2.24, 2.45) is 5.92 Å². The fraction of sp³-hybridized carbons (Fsp3) is 0.350. The fourth-order valence-corrected chi connectivity index (χ4v) is 3.28. The molecule has 1 unspecified atom stereocenters. The summed E-state index contributed by atoms with van der Waals surface area (Å²) in [6.07, 6.45) is 4.15. The first-order valence-corrected chi connectivity index (χ1v) is 8.86. The highest BCUT2D eigenvalue weighted by Gasteiger charge is 2.28. The normalized spacial score (nSPS) is 18.1. The molecule has 1 N–H and O–H groups in total. The molecule has 1 saturated heterocycles. The summed E-state index contributed by atoms with van der Waals surface area (Å²) < 4.78 is 8.07. The summed E-state index contributed by atoms with van der Waals surface area (Å²) in [4.78, 5) is 16.2. The van der Waals surface area contributed by atoms with Crippen LogP contribution >= 0.6 is 0 Å². The van der Waals surface area contributed by atoms with Gasteiger partial charge in [-0.25, -0.2) is 4.52 Å². The number of carbonyl (C=O) groups is 1. The zero-order chi connectivity index (χ0) is 18.3. The van der Waals surface area contributed by atoms with Crippen molar-refractivity contribution >= 4 is 11.4 Å². The van der Waals surface area contributed by atoms with Crippen molar-refractivity contribution < 1.29 is 9.53 Å². The van der Waals surface area contributed by atoms with E-state index in [1.54, 1.807) is 6.20 Å². The van der Waals surface area contributed by atoms with Crippen LogP contribution in [0.2, 0.25) is 0 Å². The predicted octanol–water partition coefficient (Wildman–Crippen LogP) is 2.92. The summed E-state index contributed by atoms with van der Waals surface area (Å²) in [5.41, 5.74) is 4.92. The first kappa shape index (κ1) is 16.6. The van der Waals surface area contributed by atoms with E-state index in [-0.39, 0.29) is 17.9 Å². The van der Waals surface area contributed by atoms with Gasteiger partial charge in [-0.05, 0) is 44.5 Å². The summed E-state index contributed by atoms with van der Waals surface area (Å²) in [5.74, 6) is 1.02. The van der Waals surface area contributed by atoms with Crippen LogP contribution in [0.15, 0.2) is 36.7 Å². The Hall–Kier alpha value is -2.89. The van der Waals surface area contributed by atoms with Crippen LogP contribution < -0.4 is 10.1 Å². The molecule has 3 aromatic heterocycles. The lowest BCUT2D eigenvalue weighted by molar-refractivity contribution is -0.119. The molecule has 0 aromatic carbocycles. The van der Waals surface area contributed by atoms with Crippen LogP contribution in [-0.4, -0.2) is 33.2 Å². The Morgan fingerprint density at radius 1 is 1.31 bits per heavy atom. The van der Waals surface area contributed by atoms with Crippen molar-refractivity contribution in [1.82, 2.24) is 19.9 Å². The highest BCUT2D eigenvalue weighted by Crippen LogP contribution is 2.30. The van der Waals surface area contributed by atoms with Crippen LogP contribution in [-0.2, 0) is 4.79 Å². The number of fused-ring (bicyclic) bond motifs is 1. The third kappa shape index (κ3) is 3.03. The number of aryl methyl sites for hydroxylation is 2. The van der Waals surface area contributed by atoms with Crippen molar-refractivity contribution in [2.75, 3.05) is 6.54 Å². The SMILES string of the molecule is Cc1ccc(-c2cc(O[C@H](C)C3CNC(=O)C3)c3ccnn3c2)nc1C. The number of pyridine rings is 2. The summed E-state index contributed by atoms with van der Waals surface area (Å²) in [5, 5.41) is 7.24. The lowest BCUT2D eigenvalue weighted by Crippen LogP contribution is -2.25. The second-order valence-electron chi connectivity index (χ2n) is 6.94. The molecule has 6 heteroatoms. The monoisotopic (exact) mass is 350 g/mol. The van der Waals surface area contributed by atoms with Gasteiger partial charge in [-0.1, -0.05) is 6.07 Å². The maximum absolute atomic E-state index is 11.5. The smallest absolute Gasteiger partial charge is 0.220 e. The molecule has 3 aromatic rings. The first-order valence-electron chi connectivity index (χ1n) is 8.86. The van der Waals surface area contributed by atoms with Gasteiger partial charge in [0.1, 0.15) is 17.4 Å². The molecule has 1 amide bonds. The number of amides is 1. The van der Waals surface area contributed by atoms with Gasteiger partial charge in [0.15, 0.2) is 0 Å². The molecule has 134 valence electrons. The molecule has 1 aliphatic rings. The Morgan fingerprint density at radius 3 is 2.88 bits per heavy atom. The van der Waals surface area contributed by atoms with Gasteiger partial charge < -0.3 is 10.1 Å². The van der Waals surface area contributed by atoms with E-state index in [2.05, 4.69) is 23.4 Å². The Bertz CT molecular complexity index is 979. The number of nitrogens with one attached hydrogen (secondary N) is 1. The summed E-state index contributed by atoms with van der Waals surface area (Å²) in [6.45, 7) is 6.73. The Balaban J connectivity index is 1.70. The van der Waals surface area contributed by atoms with Gasteiger partial charge in [0, 0.05) is 36.3 Å². The minimum atomic E-state index is -0.0735. The molecule has 0 radical (unpaired) electrons. The topological polar surface area (TPSA) is 68.5 Å². The summed E-state index contributed by atoms with van der Waals surface area (Å²) in [6, 6.07) is 8.02. The van der Waals surface area contributed by atoms with Crippen LogP contribution in [0, 0.1) is 19.8 Å². The van der Waals surface area contributed by atoms with Gasteiger partial charge in [0.2, 0.25) is 5.91 Å². The molecular weight excluding hydrogens is 328 g/mol. The molecule has 6 nitrogen and oxygen atoms in total. The van der Waals surface area contributed by atoms with E-state index in [9.17, 15) is 4.79 Å². The molecule has 2 atom stereocenters. The molecular formula is C20H22N4O2. The lowest BCUT2D eigenvalue weighted by atomic mass is 10.0. The predicted molar refractivity (Wildman–Crippen MR) is 99.1 cm³/mol. The molecule has 0 bridgehead atoms. The summed E-state index contributed by atoms with van der Waals surface area (Å²) in [7, 11) is 0. The van der Waals surface area contributed by atoms with E-state index < -0.39 is 0 Å². The maximum atomic E-state index is 11.5. The van der Waals surface area contributed by atoms with E-state index in [0.29, 0.717) is 13.0 Å². The van der Waals surface area contributed by atoms with Crippen molar-refractivity contribution in [3.05, 3.63) is 47.9 Å². The van der Waals surface area contributed by atoms with Crippen molar-refractivity contribution in [1.29, 1.82) is 0 Å². The number of hydrogen-bond acceptors (Lipinski definition) is 4.